The third-order valence-corrected chi connectivity index (χ3v) is 5.42. The molecule has 0 aliphatic heterocycles. The van der Waals surface area contributed by atoms with Gasteiger partial charge >= 0.3 is 0 Å². The Morgan fingerprint density at radius 2 is 2.17 bits per heavy atom. The third-order valence-electron chi connectivity index (χ3n) is 3.27. The van der Waals surface area contributed by atoms with Crippen LogP contribution >= 0.6 is 34.7 Å². The van der Waals surface area contributed by atoms with Crippen LogP contribution in [0, 0.1) is 0 Å². The maximum Gasteiger partial charge on any atom is 0.191 e. The van der Waals surface area contributed by atoms with Crippen LogP contribution in [0.5, 0.6) is 0 Å². The van der Waals surface area contributed by atoms with E-state index in [1.54, 1.807) is 23.1 Å². The summed E-state index contributed by atoms with van der Waals surface area (Å²) in [7, 11) is 0. The lowest BCUT2D eigenvalue weighted by Gasteiger charge is -2.07. The average Bonchev–Trinajstić information content (AvgIpc) is 3.18. The standard InChI is InChI=1S/C17H16ClN3S2/c1-2-8-21-16(11-15-7-4-9-22-15)19-20-17(21)23-12-13-5-3-6-14(18)10-13/h2-7,9-10H,1,8,11-12H2. The van der Waals surface area contributed by atoms with Gasteiger partial charge in [-0.2, -0.15) is 0 Å². The van der Waals surface area contributed by atoms with Crippen LogP contribution in [0.2, 0.25) is 5.02 Å². The summed E-state index contributed by atoms with van der Waals surface area (Å²) in [5, 5.41) is 12.5. The minimum Gasteiger partial charge on any atom is -0.302 e. The van der Waals surface area contributed by atoms with Crippen molar-refractivity contribution in [1.82, 2.24) is 14.8 Å². The summed E-state index contributed by atoms with van der Waals surface area (Å²) in [6.07, 6.45) is 2.68. The number of aromatic nitrogens is 3. The molecule has 6 heteroatoms. The van der Waals surface area contributed by atoms with Gasteiger partial charge in [0, 0.05) is 28.6 Å². The number of nitrogens with zero attached hydrogens (tertiary/aromatic N) is 3. The quantitative estimate of drug-likeness (QED) is 0.435. The lowest BCUT2D eigenvalue weighted by Crippen LogP contribution is -2.04. The number of halogens is 1. The molecule has 0 amide bonds. The molecule has 2 aromatic heterocycles. The molecule has 0 radical (unpaired) electrons. The number of allylic oxidation sites excluding steroid dienone is 1. The normalized spacial score (nSPS) is 10.8. The monoisotopic (exact) mass is 361 g/mol. The largest absolute Gasteiger partial charge is 0.302 e. The van der Waals surface area contributed by atoms with Gasteiger partial charge in [0.2, 0.25) is 0 Å². The topological polar surface area (TPSA) is 30.7 Å². The van der Waals surface area contributed by atoms with Gasteiger partial charge in [-0.3, -0.25) is 0 Å². The van der Waals surface area contributed by atoms with Crippen LogP contribution in [0.15, 0.2) is 59.6 Å². The number of thiophene rings is 1. The van der Waals surface area contributed by atoms with Gasteiger partial charge < -0.3 is 4.57 Å². The highest BCUT2D eigenvalue weighted by molar-refractivity contribution is 7.98. The fourth-order valence-corrected chi connectivity index (χ4v) is 4.04. The number of hydrogen-bond donors (Lipinski definition) is 0. The number of benzene rings is 1. The van der Waals surface area contributed by atoms with Crippen LogP contribution in [0.4, 0.5) is 0 Å². The van der Waals surface area contributed by atoms with Gasteiger partial charge in [-0.25, -0.2) is 0 Å². The molecule has 0 bridgehead atoms. The molecule has 0 atom stereocenters. The molecule has 0 saturated heterocycles. The van der Waals surface area contributed by atoms with Crippen molar-refractivity contribution in [3.8, 4) is 0 Å². The van der Waals surface area contributed by atoms with E-state index < -0.39 is 0 Å². The summed E-state index contributed by atoms with van der Waals surface area (Å²) in [4.78, 5) is 1.29. The van der Waals surface area contributed by atoms with Gasteiger partial charge in [0.25, 0.3) is 0 Å². The van der Waals surface area contributed by atoms with Gasteiger partial charge in [-0.05, 0) is 29.1 Å². The van der Waals surface area contributed by atoms with Crippen LogP contribution in [0.3, 0.4) is 0 Å². The fraction of sp³-hybridized carbons (Fsp3) is 0.176. The highest BCUT2D eigenvalue weighted by Crippen LogP contribution is 2.24. The van der Waals surface area contributed by atoms with Gasteiger partial charge in [-0.1, -0.05) is 47.6 Å². The van der Waals surface area contributed by atoms with E-state index in [4.69, 9.17) is 11.6 Å². The Morgan fingerprint density at radius 3 is 2.91 bits per heavy atom. The lowest BCUT2D eigenvalue weighted by atomic mass is 10.2. The average molecular weight is 362 g/mol. The van der Waals surface area contributed by atoms with Gasteiger partial charge in [0.05, 0.1) is 0 Å². The fourth-order valence-electron chi connectivity index (χ4n) is 2.21. The predicted molar refractivity (Wildman–Crippen MR) is 98.4 cm³/mol. The maximum absolute atomic E-state index is 6.04. The molecule has 0 fully saturated rings. The van der Waals surface area contributed by atoms with E-state index in [0.29, 0.717) is 6.54 Å². The first-order chi connectivity index (χ1) is 11.3. The molecule has 118 valence electrons. The van der Waals surface area contributed by atoms with Crippen LogP contribution in [-0.4, -0.2) is 14.8 Å². The van der Waals surface area contributed by atoms with E-state index in [-0.39, 0.29) is 0 Å². The van der Waals surface area contributed by atoms with Crippen LogP contribution in [0.25, 0.3) is 0 Å². The van der Waals surface area contributed by atoms with Crippen molar-refractivity contribution in [3.05, 3.63) is 75.7 Å². The first-order valence-corrected chi connectivity index (χ1v) is 9.43. The van der Waals surface area contributed by atoms with E-state index in [0.717, 1.165) is 28.2 Å². The zero-order valence-corrected chi connectivity index (χ0v) is 14.9. The molecule has 0 N–H and O–H groups in total. The van der Waals surface area contributed by atoms with E-state index in [1.807, 2.05) is 24.3 Å². The second-order valence-electron chi connectivity index (χ2n) is 4.97. The van der Waals surface area contributed by atoms with Crippen LogP contribution in [0.1, 0.15) is 16.3 Å². The number of hydrogen-bond acceptors (Lipinski definition) is 4. The second kappa shape index (κ2) is 7.81. The SMILES string of the molecule is C=CCn1c(Cc2cccs2)nnc1SCc1cccc(Cl)c1. The van der Waals surface area contributed by atoms with Crippen molar-refractivity contribution >= 4 is 34.7 Å². The molecule has 0 spiro atoms. The van der Waals surface area contributed by atoms with Gasteiger partial charge in [0.15, 0.2) is 5.16 Å². The Morgan fingerprint density at radius 1 is 1.26 bits per heavy atom. The van der Waals surface area contributed by atoms with Crippen molar-refractivity contribution < 1.29 is 0 Å². The smallest absolute Gasteiger partial charge is 0.191 e. The Bertz CT molecular complexity index is 781. The lowest BCUT2D eigenvalue weighted by molar-refractivity contribution is 0.692. The molecule has 3 rings (SSSR count). The Labute approximate surface area is 149 Å². The van der Waals surface area contributed by atoms with E-state index in [2.05, 4.69) is 44.9 Å². The van der Waals surface area contributed by atoms with E-state index in [1.165, 1.54) is 10.4 Å². The van der Waals surface area contributed by atoms with Crippen molar-refractivity contribution in [2.45, 2.75) is 23.9 Å². The molecule has 1 aromatic carbocycles. The van der Waals surface area contributed by atoms with Gasteiger partial charge in [-0.15, -0.1) is 28.1 Å². The Kier molecular flexibility index (Phi) is 5.54. The zero-order valence-electron chi connectivity index (χ0n) is 12.5. The molecule has 2 heterocycles. The van der Waals surface area contributed by atoms with Crippen LogP contribution < -0.4 is 0 Å². The minimum atomic E-state index is 0.714. The molecule has 3 aromatic rings. The highest BCUT2D eigenvalue weighted by Gasteiger charge is 2.13. The van der Waals surface area contributed by atoms with E-state index in [9.17, 15) is 0 Å². The number of rotatable bonds is 7. The van der Waals surface area contributed by atoms with Crippen LogP contribution in [-0.2, 0) is 18.7 Å². The first-order valence-electron chi connectivity index (χ1n) is 7.19. The zero-order chi connectivity index (χ0) is 16.1. The maximum atomic E-state index is 6.04. The highest BCUT2D eigenvalue weighted by atomic mass is 35.5. The molecular formula is C17H16ClN3S2. The molecule has 0 aliphatic carbocycles. The third kappa shape index (κ3) is 4.25. The minimum absolute atomic E-state index is 0.714. The summed E-state index contributed by atoms with van der Waals surface area (Å²) in [5.74, 6) is 1.79. The van der Waals surface area contributed by atoms with E-state index >= 15 is 0 Å². The summed E-state index contributed by atoms with van der Waals surface area (Å²) in [6.45, 7) is 4.56. The summed E-state index contributed by atoms with van der Waals surface area (Å²) >= 11 is 9.44. The Hall–Kier alpha value is -1.56. The molecule has 0 aliphatic rings. The summed E-state index contributed by atoms with van der Waals surface area (Å²) in [5.41, 5.74) is 1.18. The molecule has 3 nitrogen and oxygen atoms in total. The second-order valence-corrected chi connectivity index (χ2v) is 7.38. The molecular weight excluding hydrogens is 346 g/mol. The summed E-state index contributed by atoms with van der Waals surface area (Å²) in [6, 6.07) is 12.1. The molecule has 0 saturated carbocycles. The van der Waals surface area contributed by atoms with Crippen molar-refractivity contribution in [2.75, 3.05) is 0 Å². The molecule has 0 unspecified atom stereocenters. The Balaban J connectivity index is 1.76. The summed E-state index contributed by atoms with van der Waals surface area (Å²) < 4.78 is 2.13. The van der Waals surface area contributed by atoms with Crippen molar-refractivity contribution in [3.63, 3.8) is 0 Å². The predicted octanol–water partition coefficient (Wildman–Crippen LogP) is 5.06. The van der Waals surface area contributed by atoms with Crippen molar-refractivity contribution in [2.24, 2.45) is 0 Å². The molecule has 23 heavy (non-hydrogen) atoms. The number of thioether (sulfide) groups is 1. The van der Waals surface area contributed by atoms with Gasteiger partial charge in [0.1, 0.15) is 5.82 Å². The van der Waals surface area contributed by atoms with Crippen molar-refractivity contribution in [1.29, 1.82) is 0 Å². The first kappa shape index (κ1) is 16.3.